The first kappa shape index (κ1) is 9.73. The number of oxazole rings is 1. The van der Waals surface area contributed by atoms with Crippen LogP contribution in [0.4, 0.5) is 5.69 Å². The van der Waals surface area contributed by atoms with E-state index in [1.54, 1.807) is 11.4 Å². The Morgan fingerprint density at radius 2 is 2.25 bits per heavy atom. The summed E-state index contributed by atoms with van der Waals surface area (Å²) in [7, 11) is 0. The van der Waals surface area contributed by atoms with Crippen molar-refractivity contribution in [3.63, 3.8) is 0 Å². The third-order valence-electron chi connectivity index (χ3n) is 2.06. The second kappa shape index (κ2) is 3.53. The number of aromatic nitrogens is 3. The molecule has 0 saturated carbocycles. The van der Waals surface area contributed by atoms with E-state index < -0.39 is 0 Å². The molecule has 7 heteroatoms. The van der Waals surface area contributed by atoms with Crippen molar-refractivity contribution >= 4 is 44.2 Å². The van der Waals surface area contributed by atoms with Gasteiger partial charge in [0.15, 0.2) is 11.3 Å². The lowest BCUT2D eigenvalue weighted by Gasteiger charge is -1.93. The number of hydrogen-bond acceptors (Lipinski definition) is 6. The van der Waals surface area contributed by atoms with E-state index in [9.17, 15) is 0 Å². The van der Waals surface area contributed by atoms with E-state index >= 15 is 0 Å². The Balaban J connectivity index is 2.27. The van der Waals surface area contributed by atoms with E-state index in [0.29, 0.717) is 28.4 Å². The zero-order valence-corrected chi connectivity index (χ0v) is 10.2. The molecule has 3 aromatic rings. The average Bonchev–Trinajstić information content (AvgIpc) is 2.82. The monoisotopic (exact) mass is 296 g/mol. The second-order valence-electron chi connectivity index (χ2n) is 3.15. The standard InChI is InChI=1S/C9H5BrN4OS/c10-4-1-5(11)8-6(2-4)12-9(15-8)7-3-16-14-13-7/h1-3H,11H2. The molecule has 0 amide bonds. The van der Waals surface area contributed by atoms with Crippen molar-refractivity contribution in [1.82, 2.24) is 14.6 Å². The number of rotatable bonds is 1. The van der Waals surface area contributed by atoms with Crippen molar-refractivity contribution in [3.8, 4) is 11.6 Å². The number of halogens is 1. The molecule has 0 radical (unpaired) electrons. The maximum atomic E-state index is 5.83. The molecule has 3 rings (SSSR count). The highest BCUT2D eigenvalue weighted by molar-refractivity contribution is 9.10. The van der Waals surface area contributed by atoms with Gasteiger partial charge in [0.1, 0.15) is 5.52 Å². The highest BCUT2D eigenvalue weighted by atomic mass is 79.9. The zero-order chi connectivity index (χ0) is 11.1. The van der Waals surface area contributed by atoms with Gasteiger partial charge in [-0.15, -0.1) is 5.10 Å². The Labute approximate surface area is 103 Å². The van der Waals surface area contributed by atoms with Crippen LogP contribution in [0.15, 0.2) is 26.4 Å². The Hall–Kier alpha value is -1.47. The number of hydrogen-bond donors (Lipinski definition) is 1. The predicted octanol–water partition coefficient (Wildman–Crippen LogP) is 2.69. The number of nitrogen functional groups attached to an aromatic ring is 1. The Bertz CT molecular complexity index is 649. The molecule has 2 heterocycles. The summed E-state index contributed by atoms with van der Waals surface area (Å²) in [6.07, 6.45) is 0. The first-order valence-electron chi connectivity index (χ1n) is 4.37. The molecule has 80 valence electrons. The summed E-state index contributed by atoms with van der Waals surface area (Å²) in [4.78, 5) is 4.30. The van der Waals surface area contributed by atoms with Gasteiger partial charge >= 0.3 is 0 Å². The van der Waals surface area contributed by atoms with Gasteiger partial charge in [-0.3, -0.25) is 0 Å². The van der Waals surface area contributed by atoms with Crippen LogP contribution in [-0.2, 0) is 0 Å². The lowest BCUT2D eigenvalue weighted by Crippen LogP contribution is -1.84. The molecule has 0 fully saturated rings. The molecule has 0 atom stereocenters. The second-order valence-corrected chi connectivity index (χ2v) is 4.68. The van der Waals surface area contributed by atoms with Gasteiger partial charge < -0.3 is 10.2 Å². The molecule has 2 aromatic heterocycles. The molecule has 5 nitrogen and oxygen atoms in total. The number of anilines is 1. The molecule has 0 spiro atoms. The van der Waals surface area contributed by atoms with Gasteiger partial charge in [-0.05, 0) is 23.7 Å². The van der Waals surface area contributed by atoms with Crippen LogP contribution in [0.1, 0.15) is 0 Å². The normalized spacial score (nSPS) is 11.1. The maximum Gasteiger partial charge on any atom is 0.249 e. The summed E-state index contributed by atoms with van der Waals surface area (Å²) >= 11 is 4.60. The van der Waals surface area contributed by atoms with E-state index in [1.165, 1.54) is 11.5 Å². The first-order valence-corrected chi connectivity index (χ1v) is 6.00. The van der Waals surface area contributed by atoms with Gasteiger partial charge in [0.25, 0.3) is 0 Å². The van der Waals surface area contributed by atoms with Gasteiger partial charge in [-0.1, -0.05) is 20.4 Å². The fraction of sp³-hybridized carbons (Fsp3) is 0. The molecular formula is C9H5BrN4OS. The minimum atomic E-state index is 0.438. The van der Waals surface area contributed by atoms with Crippen LogP contribution in [0.3, 0.4) is 0 Å². The smallest absolute Gasteiger partial charge is 0.249 e. The van der Waals surface area contributed by atoms with Gasteiger partial charge in [0.05, 0.1) is 5.69 Å². The third kappa shape index (κ3) is 1.48. The summed E-state index contributed by atoms with van der Waals surface area (Å²) < 4.78 is 10.2. The fourth-order valence-electron chi connectivity index (χ4n) is 1.39. The number of nitrogens with zero attached hydrogens (tertiary/aromatic N) is 3. The Kier molecular flexibility index (Phi) is 2.15. The van der Waals surface area contributed by atoms with Crippen molar-refractivity contribution in [2.45, 2.75) is 0 Å². The molecule has 1 aromatic carbocycles. The van der Waals surface area contributed by atoms with Crippen LogP contribution < -0.4 is 5.73 Å². The highest BCUT2D eigenvalue weighted by Crippen LogP contribution is 2.30. The SMILES string of the molecule is Nc1cc(Br)cc2nc(-c3csnn3)oc12. The van der Waals surface area contributed by atoms with Crippen molar-refractivity contribution < 1.29 is 4.42 Å². The maximum absolute atomic E-state index is 5.83. The molecule has 0 aliphatic carbocycles. The summed E-state index contributed by atoms with van der Waals surface area (Å²) in [5.41, 5.74) is 8.27. The molecule has 0 saturated heterocycles. The van der Waals surface area contributed by atoms with Gasteiger partial charge in [0, 0.05) is 9.85 Å². The van der Waals surface area contributed by atoms with E-state index in [-0.39, 0.29) is 0 Å². The minimum absolute atomic E-state index is 0.438. The van der Waals surface area contributed by atoms with Gasteiger partial charge in [-0.2, -0.15) is 0 Å². The van der Waals surface area contributed by atoms with Crippen LogP contribution >= 0.6 is 27.5 Å². The van der Waals surface area contributed by atoms with Crippen LogP contribution in [0.2, 0.25) is 0 Å². The van der Waals surface area contributed by atoms with E-state index in [4.69, 9.17) is 10.2 Å². The first-order chi connectivity index (χ1) is 7.74. The molecule has 0 unspecified atom stereocenters. The van der Waals surface area contributed by atoms with Crippen LogP contribution in [0.5, 0.6) is 0 Å². The number of benzene rings is 1. The quantitative estimate of drug-likeness (QED) is 0.699. The summed E-state index contributed by atoms with van der Waals surface area (Å²) in [5.74, 6) is 0.438. The highest BCUT2D eigenvalue weighted by Gasteiger charge is 2.13. The predicted molar refractivity (Wildman–Crippen MR) is 65.0 cm³/mol. The lowest BCUT2D eigenvalue weighted by atomic mass is 10.3. The number of nitrogens with two attached hydrogens (primary N) is 1. The topological polar surface area (TPSA) is 77.8 Å². The number of fused-ring (bicyclic) bond motifs is 1. The molecule has 0 aliphatic rings. The fourth-order valence-corrected chi connectivity index (χ4v) is 2.28. The zero-order valence-electron chi connectivity index (χ0n) is 7.85. The van der Waals surface area contributed by atoms with Crippen LogP contribution in [0.25, 0.3) is 22.7 Å². The molecule has 0 bridgehead atoms. The Morgan fingerprint density at radius 1 is 1.38 bits per heavy atom. The van der Waals surface area contributed by atoms with Gasteiger partial charge in [0.2, 0.25) is 5.89 Å². The summed E-state index contributed by atoms with van der Waals surface area (Å²) in [6, 6.07) is 3.62. The Morgan fingerprint density at radius 3 is 3.00 bits per heavy atom. The van der Waals surface area contributed by atoms with Crippen LogP contribution in [-0.4, -0.2) is 14.6 Å². The van der Waals surface area contributed by atoms with Gasteiger partial charge in [-0.25, -0.2) is 4.98 Å². The summed E-state index contributed by atoms with van der Waals surface area (Å²) in [6.45, 7) is 0. The van der Waals surface area contributed by atoms with E-state index in [2.05, 4.69) is 30.5 Å². The van der Waals surface area contributed by atoms with E-state index in [1.807, 2.05) is 6.07 Å². The van der Waals surface area contributed by atoms with Crippen molar-refractivity contribution in [2.24, 2.45) is 0 Å². The van der Waals surface area contributed by atoms with Crippen LogP contribution in [0, 0.1) is 0 Å². The third-order valence-corrected chi connectivity index (χ3v) is 3.03. The van der Waals surface area contributed by atoms with Crippen molar-refractivity contribution in [1.29, 1.82) is 0 Å². The summed E-state index contributed by atoms with van der Waals surface area (Å²) in [5, 5.41) is 5.67. The van der Waals surface area contributed by atoms with Crippen molar-refractivity contribution in [2.75, 3.05) is 5.73 Å². The lowest BCUT2D eigenvalue weighted by molar-refractivity contribution is 0.617. The molecular weight excluding hydrogens is 292 g/mol. The molecule has 2 N–H and O–H groups in total. The van der Waals surface area contributed by atoms with Crippen molar-refractivity contribution in [3.05, 3.63) is 22.0 Å². The van der Waals surface area contributed by atoms with E-state index in [0.717, 1.165) is 4.47 Å². The largest absolute Gasteiger partial charge is 0.432 e. The molecule has 0 aliphatic heterocycles. The average molecular weight is 297 g/mol. The minimum Gasteiger partial charge on any atom is -0.432 e. The molecule has 16 heavy (non-hydrogen) atoms.